The molecule has 1 aliphatic carbocycles. The van der Waals surface area contributed by atoms with E-state index in [1.807, 2.05) is 6.07 Å². The van der Waals surface area contributed by atoms with Gasteiger partial charge in [-0.1, -0.05) is 0 Å². The van der Waals surface area contributed by atoms with E-state index in [0.29, 0.717) is 0 Å². The average molecular weight is 175 g/mol. The third-order valence-corrected chi connectivity index (χ3v) is 2.24. The molecule has 0 N–H and O–H groups in total. The third kappa shape index (κ3) is 1.69. The standard InChI is InChI=1S/C10H11N2O/c1-12(10(13)8-4-5-8)9-3-2-6-11-7-9/h2-3,7-8H,4-5H2,1H3. The summed E-state index contributed by atoms with van der Waals surface area (Å²) in [5.41, 5.74) is 0.843. The minimum absolute atomic E-state index is 0.202. The van der Waals surface area contributed by atoms with Crippen LogP contribution in [0, 0.1) is 12.1 Å². The van der Waals surface area contributed by atoms with Crippen molar-refractivity contribution in [1.82, 2.24) is 4.98 Å². The summed E-state index contributed by atoms with van der Waals surface area (Å²) >= 11 is 0. The fraction of sp³-hybridized carbons (Fsp3) is 0.400. The lowest BCUT2D eigenvalue weighted by Crippen LogP contribution is -2.27. The Kier molecular flexibility index (Phi) is 2.00. The van der Waals surface area contributed by atoms with Gasteiger partial charge in [-0.2, -0.15) is 0 Å². The van der Waals surface area contributed by atoms with Gasteiger partial charge in [0.1, 0.15) is 0 Å². The van der Waals surface area contributed by atoms with Gasteiger partial charge in [0.2, 0.25) is 5.91 Å². The van der Waals surface area contributed by atoms with Crippen molar-refractivity contribution >= 4 is 11.6 Å². The van der Waals surface area contributed by atoms with Crippen LogP contribution in [0.25, 0.3) is 0 Å². The molecule has 1 radical (unpaired) electrons. The van der Waals surface area contributed by atoms with Gasteiger partial charge >= 0.3 is 0 Å². The molecule has 0 unspecified atom stereocenters. The molecule has 0 atom stereocenters. The fourth-order valence-electron chi connectivity index (χ4n) is 1.24. The summed E-state index contributed by atoms with van der Waals surface area (Å²) in [7, 11) is 1.79. The van der Waals surface area contributed by atoms with Crippen molar-refractivity contribution < 1.29 is 4.79 Å². The van der Waals surface area contributed by atoms with E-state index < -0.39 is 0 Å². The molecule has 1 aromatic rings. The van der Waals surface area contributed by atoms with Crippen molar-refractivity contribution in [3.05, 3.63) is 24.5 Å². The predicted octanol–water partition coefficient (Wildman–Crippen LogP) is 1.25. The lowest BCUT2D eigenvalue weighted by Gasteiger charge is -2.15. The van der Waals surface area contributed by atoms with Gasteiger partial charge in [0.15, 0.2) is 0 Å². The summed E-state index contributed by atoms with van der Waals surface area (Å²) in [6.07, 6.45) is 6.41. The highest BCUT2D eigenvalue weighted by atomic mass is 16.2. The van der Waals surface area contributed by atoms with E-state index in [4.69, 9.17) is 0 Å². The number of carbonyl (C=O) groups excluding carboxylic acids is 1. The van der Waals surface area contributed by atoms with E-state index in [-0.39, 0.29) is 11.8 Å². The first-order chi connectivity index (χ1) is 6.29. The maximum Gasteiger partial charge on any atom is 0.229 e. The molecular formula is C10H11N2O. The van der Waals surface area contributed by atoms with Gasteiger partial charge in [-0.05, 0) is 25.0 Å². The topological polar surface area (TPSA) is 33.2 Å². The molecule has 3 nitrogen and oxygen atoms in total. The van der Waals surface area contributed by atoms with Crippen LogP contribution in [0.5, 0.6) is 0 Å². The lowest BCUT2D eigenvalue weighted by molar-refractivity contribution is -0.119. The van der Waals surface area contributed by atoms with Crippen LogP contribution in [0.4, 0.5) is 5.69 Å². The molecule has 0 aromatic carbocycles. The Balaban J connectivity index is 2.12. The van der Waals surface area contributed by atoms with Gasteiger partial charge in [0.05, 0.1) is 18.1 Å². The number of carbonyl (C=O) groups is 1. The zero-order valence-electron chi connectivity index (χ0n) is 7.53. The lowest BCUT2D eigenvalue weighted by atomic mass is 10.3. The predicted molar refractivity (Wildman–Crippen MR) is 49.2 cm³/mol. The number of hydrogen-bond donors (Lipinski definition) is 0. The quantitative estimate of drug-likeness (QED) is 0.677. The molecule has 1 heterocycles. The van der Waals surface area contributed by atoms with Crippen LogP contribution in [-0.2, 0) is 4.79 Å². The van der Waals surface area contributed by atoms with E-state index in [9.17, 15) is 4.79 Å². The van der Waals surface area contributed by atoms with E-state index in [0.717, 1.165) is 18.5 Å². The molecule has 0 spiro atoms. The van der Waals surface area contributed by atoms with Crippen LogP contribution in [0.15, 0.2) is 18.3 Å². The van der Waals surface area contributed by atoms with E-state index in [2.05, 4.69) is 11.2 Å². The second-order valence-corrected chi connectivity index (χ2v) is 3.32. The molecule has 67 valence electrons. The zero-order valence-corrected chi connectivity index (χ0v) is 7.53. The summed E-state index contributed by atoms with van der Waals surface area (Å²) in [5.74, 6) is 0.460. The van der Waals surface area contributed by atoms with Crippen molar-refractivity contribution in [1.29, 1.82) is 0 Å². The van der Waals surface area contributed by atoms with Crippen molar-refractivity contribution in [2.75, 3.05) is 11.9 Å². The van der Waals surface area contributed by atoms with Crippen LogP contribution < -0.4 is 4.90 Å². The van der Waals surface area contributed by atoms with Gasteiger partial charge < -0.3 is 4.90 Å². The van der Waals surface area contributed by atoms with Gasteiger partial charge in [-0.15, -0.1) is 0 Å². The first kappa shape index (κ1) is 8.23. The minimum atomic E-state index is 0.202. The van der Waals surface area contributed by atoms with Crippen LogP contribution >= 0.6 is 0 Å². The molecule has 1 fully saturated rings. The molecule has 0 aliphatic heterocycles. The number of anilines is 1. The van der Waals surface area contributed by atoms with Crippen molar-refractivity contribution in [2.45, 2.75) is 12.8 Å². The Morgan fingerprint density at radius 2 is 2.46 bits per heavy atom. The van der Waals surface area contributed by atoms with Gasteiger partial charge in [-0.3, -0.25) is 9.78 Å². The normalized spacial score (nSPS) is 15.5. The number of hydrogen-bond acceptors (Lipinski definition) is 2. The van der Waals surface area contributed by atoms with E-state index in [1.165, 1.54) is 0 Å². The molecule has 0 saturated heterocycles. The number of nitrogens with zero attached hydrogens (tertiary/aromatic N) is 2. The SMILES string of the molecule is CN(C(=O)C1CC1)c1cc[c]nc1. The summed E-state index contributed by atoms with van der Waals surface area (Å²) < 4.78 is 0. The van der Waals surface area contributed by atoms with Crippen LogP contribution in [0.2, 0.25) is 0 Å². The Morgan fingerprint density at radius 3 is 3.00 bits per heavy atom. The summed E-state index contributed by atoms with van der Waals surface area (Å²) in [5, 5.41) is 0. The molecule has 1 aliphatic rings. The number of amides is 1. The summed E-state index contributed by atoms with van der Waals surface area (Å²) in [6, 6.07) is 3.55. The van der Waals surface area contributed by atoms with Crippen molar-refractivity contribution in [3.8, 4) is 0 Å². The molecule has 0 bridgehead atoms. The zero-order chi connectivity index (χ0) is 9.26. The Bertz CT molecular complexity index is 306. The first-order valence-corrected chi connectivity index (χ1v) is 4.38. The highest BCUT2D eigenvalue weighted by Gasteiger charge is 2.32. The fourth-order valence-corrected chi connectivity index (χ4v) is 1.24. The minimum Gasteiger partial charge on any atom is -0.314 e. The monoisotopic (exact) mass is 175 g/mol. The first-order valence-electron chi connectivity index (χ1n) is 4.38. The molecule has 1 aromatic heterocycles. The molecule has 13 heavy (non-hydrogen) atoms. The molecule has 1 saturated carbocycles. The number of aromatic nitrogens is 1. The van der Waals surface area contributed by atoms with E-state index >= 15 is 0 Å². The highest BCUT2D eigenvalue weighted by molar-refractivity contribution is 5.95. The van der Waals surface area contributed by atoms with E-state index in [1.54, 1.807) is 24.2 Å². The van der Waals surface area contributed by atoms with Gasteiger partial charge in [0, 0.05) is 13.0 Å². The smallest absolute Gasteiger partial charge is 0.229 e. The second kappa shape index (κ2) is 3.17. The Labute approximate surface area is 77.4 Å². The number of pyridine rings is 1. The molecule has 2 rings (SSSR count). The summed E-state index contributed by atoms with van der Waals surface area (Å²) in [4.78, 5) is 17.1. The second-order valence-electron chi connectivity index (χ2n) is 3.32. The largest absolute Gasteiger partial charge is 0.314 e. The number of rotatable bonds is 2. The Hall–Kier alpha value is -1.38. The highest BCUT2D eigenvalue weighted by Crippen LogP contribution is 2.31. The van der Waals surface area contributed by atoms with Gasteiger partial charge in [-0.25, -0.2) is 0 Å². The Morgan fingerprint density at radius 1 is 1.69 bits per heavy atom. The van der Waals surface area contributed by atoms with Gasteiger partial charge in [0.25, 0.3) is 0 Å². The average Bonchev–Trinajstić information content (AvgIpc) is 3.00. The van der Waals surface area contributed by atoms with Crippen LogP contribution in [-0.4, -0.2) is 17.9 Å². The summed E-state index contributed by atoms with van der Waals surface area (Å²) in [6.45, 7) is 0. The third-order valence-electron chi connectivity index (χ3n) is 2.24. The van der Waals surface area contributed by atoms with Crippen molar-refractivity contribution in [3.63, 3.8) is 0 Å². The molecule has 1 amide bonds. The maximum atomic E-state index is 11.6. The molecule has 3 heteroatoms. The van der Waals surface area contributed by atoms with Crippen LogP contribution in [0.3, 0.4) is 0 Å². The van der Waals surface area contributed by atoms with Crippen LogP contribution in [0.1, 0.15) is 12.8 Å². The maximum absolute atomic E-state index is 11.6. The van der Waals surface area contributed by atoms with Crippen molar-refractivity contribution in [2.24, 2.45) is 5.92 Å². The molecular weight excluding hydrogens is 164 g/mol.